The number of carbonyl (C=O) groups is 3. The van der Waals surface area contributed by atoms with Crippen molar-refractivity contribution in [3.8, 4) is 0 Å². The molecule has 2 aromatic rings. The van der Waals surface area contributed by atoms with Crippen LogP contribution in [0.1, 0.15) is 36.4 Å². The second-order valence-electron chi connectivity index (χ2n) is 6.21. The zero-order valence-corrected chi connectivity index (χ0v) is 15.4. The van der Waals surface area contributed by atoms with E-state index in [2.05, 4.69) is 21.3 Å². The van der Waals surface area contributed by atoms with Crippen LogP contribution >= 0.6 is 0 Å². The van der Waals surface area contributed by atoms with E-state index in [1.165, 1.54) is 6.26 Å². The summed E-state index contributed by atoms with van der Waals surface area (Å²) in [5, 5.41) is 10.9. The van der Waals surface area contributed by atoms with Crippen LogP contribution in [0, 0.1) is 0 Å². The fourth-order valence-corrected chi connectivity index (χ4v) is 2.21. The molecule has 8 heteroatoms. The van der Waals surface area contributed by atoms with Crippen LogP contribution in [0.15, 0.2) is 47.1 Å². The Labute approximate surface area is 157 Å². The first-order valence-electron chi connectivity index (χ1n) is 8.69. The highest BCUT2D eigenvalue weighted by molar-refractivity contribution is 5.91. The molecule has 0 radical (unpaired) electrons. The van der Waals surface area contributed by atoms with Crippen molar-refractivity contribution >= 4 is 23.5 Å². The molecule has 1 aromatic heterocycles. The Bertz CT molecular complexity index is 755. The van der Waals surface area contributed by atoms with Gasteiger partial charge in [-0.1, -0.05) is 12.1 Å². The average Bonchev–Trinajstić information content (AvgIpc) is 3.15. The summed E-state index contributed by atoms with van der Waals surface area (Å²) in [5.74, 6) is -0.308. The summed E-state index contributed by atoms with van der Waals surface area (Å²) in [6, 6.07) is 10.2. The number of nitrogens with one attached hydrogen (secondary N) is 4. The van der Waals surface area contributed by atoms with Crippen LogP contribution in [0.4, 0.5) is 10.5 Å². The van der Waals surface area contributed by atoms with Gasteiger partial charge in [0.15, 0.2) is 5.76 Å². The number of anilines is 1. The van der Waals surface area contributed by atoms with Crippen molar-refractivity contribution < 1.29 is 18.8 Å². The topological polar surface area (TPSA) is 112 Å². The molecule has 0 atom stereocenters. The van der Waals surface area contributed by atoms with E-state index < -0.39 is 0 Å². The van der Waals surface area contributed by atoms with Gasteiger partial charge in [0.1, 0.15) is 0 Å². The van der Waals surface area contributed by atoms with E-state index in [0.29, 0.717) is 12.2 Å². The number of carbonyl (C=O) groups excluding carboxylic acids is 3. The molecule has 0 saturated heterocycles. The summed E-state index contributed by atoms with van der Waals surface area (Å²) in [7, 11) is 0. The lowest BCUT2D eigenvalue weighted by Gasteiger charge is -2.11. The Morgan fingerprint density at radius 3 is 2.41 bits per heavy atom. The quantitative estimate of drug-likeness (QED) is 0.569. The van der Waals surface area contributed by atoms with Crippen molar-refractivity contribution in [2.75, 3.05) is 11.9 Å². The summed E-state index contributed by atoms with van der Waals surface area (Å²) in [4.78, 5) is 35.1. The molecule has 4 amide bonds. The van der Waals surface area contributed by atoms with E-state index in [1.54, 1.807) is 24.3 Å². The van der Waals surface area contributed by atoms with Gasteiger partial charge in [-0.2, -0.15) is 0 Å². The maximum atomic E-state index is 11.8. The van der Waals surface area contributed by atoms with Crippen LogP contribution in [0.25, 0.3) is 0 Å². The van der Waals surface area contributed by atoms with E-state index in [0.717, 1.165) is 5.56 Å². The van der Waals surface area contributed by atoms with Gasteiger partial charge in [-0.25, -0.2) is 4.79 Å². The molecule has 0 aliphatic rings. The molecule has 0 bridgehead atoms. The van der Waals surface area contributed by atoms with Crippen LogP contribution in [-0.4, -0.2) is 30.4 Å². The molecule has 0 fully saturated rings. The number of amides is 4. The van der Waals surface area contributed by atoms with Crippen molar-refractivity contribution in [1.29, 1.82) is 0 Å². The molecule has 0 unspecified atom stereocenters. The third kappa shape index (κ3) is 7.23. The number of urea groups is 1. The van der Waals surface area contributed by atoms with Gasteiger partial charge in [-0.15, -0.1) is 0 Å². The van der Waals surface area contributed by atoms with Crippen molar-refractivity contribution in [3.05, 3.63) is 54.0 Å². The Morgan fingerprint density at radius 1 is 1.04 bits per heavy atom. The lowest BCUT2D eigenvalue weighted by atomic mass is 10.2. The molecule has 1 aromatic carbocycles. The van der Waals surface area contributed by atoms with E-state index >= 15 is 0 Å². The third-order valence-corrected chi connectivity index (χ3v) is 3.50. The highest BCUT2D eigenvalue weighted by Gasteiger charge is 2.09. The molecule has 4 N–H and O–H groups in total. The maximum Gasteiger partial charge on any atom is 0.319 e. The summed E-state index contributed by atoms with van der Waals surface area (Å²) in [6.45, 7) is 4.35. The predicted molar refractivity (Wildman–Crippen MR) is 101 cm³/mol. The summed E-state index contributed by atoms with van der Waals surface area (Å²) >= 11 is 0. The van der Waals surface area contributed by atoms with Crippen molar-refractivity contribution in [2.24, 2.45) is 0 Å². The van der Waals surface area contributed by atoms with Gasteiger partial charge in [0.05, 0.1) is 6.26 Å². The average molecular weight is 372 g/mol. The molecular formula is C19H24N4O4. The van der Waals surface area contributed by atoms with E-state index in [1.807, 2.05) is 26.0 Å². The third-order valence-electron chi connectivity index (χ3n) is 3.50. The molecule has 0 aliphatic heterocycles. The van der Waals surface area contributed by atoms with Crippen molar-refractivity contribution in [2.45, 2.75) is 32.9 Å². The fourth-order valence-electron chi connectivity index (χ4n) is 2.21. The van der Waals surface area contributed by atoms with Crippen LogP contribution in [0.5, 0.6) is 0 Å². The molecule has 0 spiro atoms. The van der Waals surface area contributed by atoms with Crippen LogP contribution < -0.4 is 21.3 Å². The molecule has 144 valence electrons. The molecule has 2 rings (SSSR count). The Kier molecular flexibility index (Phi) is 7.42. The van der Waals surface area contributed by atoms with Gasteiger partial charge in [0.2, 0.25) is 5.91 Å². The van der Waals surface area contributed by atoms with Crippen molar-refractivity contribution in [1.82, 2.24) is 16.0 Å². The second-order valence-corrected chi connectivity index (χ2v) is 6.21. The van der Waals surface area contributed by atoms with Gasteiger partial charge in [0, 0.05) is 31.2 Å². The highest BCUT2D eigenvalue weighted by atomic mass is 16.3. The minimum absolute atomic E-state index is 0.0587. The fraction of sp³-hybridized carbons (Fsp3) is 0.316. The number of hydrogen-bond acceptors (Lipinski definition) is 4. The van der Waals surface area contributed by atoms with Gasteiger partial charge in [-0.05, 0) is 43.7 Å². The monoisotopic (exact) mass is 372 g/mol. The standard InChI is InChI=1S/C19H24N4O4/c1-13(2)22-19(26)23-15-7-5-14(6-8-15)12-21-17(24)9-10-20-18(25)16-4-3-11-27-16/h3-8,11,13H,9-10,12H2,1-2H3,(H,20,25)(H,21,24)(H2,22,23,26). The molecule has 0 aliphatic carbocycles. The van der Waals surface area contributed by atoms with Gasteiger partial charge >= 0.3 is 6.03 Å². The number of furan rings is 1. The zero-order valence-electron chi connectivity index (χ0n) is 15.4. The van der Waals surface area contributed by atoms with Crippen LogP contribution in [0.3, 0.4) is 0 Å². The minimum atomic E-state index is -0.350. The van der Waals surface area contributed by atoms with E-state index in [4.69, 9.17) is 4.42 Å². The van der Waals surface area contributed by atoms with E-state index in [-0.39, 0.29) is 42.6 Å². The number of rotatable bonds is 8. The van der Waals surface area contributed by atoms with E-state index in [9.17, 15) is 14.4 Å². The highest BCUT2D eigenvalue weighted by Crippen LogP contribution is 2.09. The smallest absolute Gasteiger partial charge is 0.319 e. The minimum Gasteiger partial charge on any atom is -0.459 e. The molecule has 27 heavy (non-hydrogen) atoms. The maximum absolute atomic E-state index is 11.8. The summed E-state index contributed by atoms with van der Waals surface area (Å²) in [5.41, 5.74) is 1.57. The first kappa shape index (κ1) is 20.0. The largest absolute Gasteiger partial charge is 0.459 e. The number of hydrogen-bond donors (Lipinski definition) is 4. The first-order valence-corrected chi connectivity index (χ1v) is 8.69. The lowest BCUT2D eigenvalue weighted by Crippen LogP contribution is -2.34. The summed E-state index contributed by atoms with van der Waals surface area (Å²) < 4.78 is 4.97. The molecule has 8 nitrogen and oxygen atoms in total. The SMILES string of the molecule is CC(C)NC(=O)Nc1ccc(CNC(=O)CCNC(=O)c2ccco2)cc1. The van der Waals surface area contributed by atoms with Crippen LogP contribution in [-0.2, 0) is 11.3 Å². The van der Waals surface area contributed by atoms with Crippen molar-refractivity contribution in [3.63, 3.8) is 0 Å². The normalized spacial score (nSPS) is 10.3. The molecule has 0 saturated carbocycles. The molecule has 1 heterocycles. The van der Waals surface area contributed by atoms with Crippen LogP contribution in [0.2, 0.25) is 0 Å². The second kappa shape index (κ2) is 10.0. The van der Waals surface area contributed by atoms with Gasteiger partial charge in [-0.3, -0.25) is 9.59 Å². The first-order chi connectivity index (χ1) is 12.9. The van der Waals surface area contributed by atoms with Gasteiger partial charge < -0.3 is 25.7 Å². The lowest BCUT2D eigenvalue weighted by molar-refractivity contribution is -0.121. The molecular weight excluding hydrogens is 348 g/mol. The Morgan fingerprint density at radius 2 is 1.78 bits per heavy atom. The Balaban J connectivity index is 1.67. The predicted octanol–water partition coefficient (Wildman–Crippen LogP) is 2.25. The Hall–Kier alpha value is -3.29. The number of benzene rings is 1. The van der Waals surface area contributed by atoms with Gasteiger partial charge in [0.25, 0.3) is 5.91 Å². The zero-order chi connectivity index (χ0) is 19.6. The summed E-state index contributed by atoms with van der Waals surface area (Å²) in [6.07, 6.45) is 1.58.